The van der Waals surface area contributed by atoms with Crippen LogP contribution < -0.4 is 10.6 Å². The van der Waals surface area contributed by atoms with Crippen LogP contribution in [0.1, 0.15) is 73.9 Å². The summed E-state index contributed by atoms with van der Waals surface area (Å²) in [5.74, 6) is 0.312. The minimum atomic E-state index is -0.476. The van der Waals surface area contributed by atoms with Crippen molar-refractivity contribution >= 4 is 5.97 Å². The quantitative estimate of drug-likeness (QED) is 0.567. The van der Waals surface area contributed by atoms with Gasteiger partial charge < -0.3 is 15.4 Å². The van der Waals surface area contributed by atoms with Crippen LogP contribution in [0.3, 0.4) is 0 Å². The van der Waals surface area contributed by atoms with Gasteiger partial charge in [-0.05, 0) is 82.7 Å². The van der Waals surface area contributed by atoms with Gasteiger partial charge in [-0.25, -0.2) is 4.79 Å². The maximum absolute atomic E-state index is 12.4. The molecule has 0 radical (unpaired) electrons. The molecule has 2 N–H and O–H groups in total. The van der Waals surface area contributed by atoms with Crippen LogP contribution >= 0.6 is 0 Å². The van der Waals surface area contributed by atoms with Gasteiger partial charge in [0.05, 0.1) is 5.56 Å². The Kier molecular flexibility index (Phi) is 7.42. The summed E-state index contributed by atoms with van der Waals surface area (Å²) < 4.78 is 5.52. The van der Waals surface area contributed by atoms with Gasteiger partial charge in [0.15, 0.2) is 0 Å². The molecule has 26 heavy (non-hydrogen) atoms. The second-order valence-electron chi connectivity index (χ2n) is 8.19. The van der Waals surface area contributed by atoms with Crippen molar-refractivity contribution in [3.63, 3.8) is 0 Å². The van der Waals surface area contributed by atoms with Gasteiger partial charge >= 0.3 is 5.97 Å². The van der Waals surface area contributed by atoms with E-state index in [2.05, 4.69) is 23.3 Å². The van der Waals surface area contributed by atoms with E-state index in [-0.39, 0.29) is 5.97 Å². The molecule has 144 valence electrons. The van der Waals surface area contributed by atoms with E-state index in [1.807, 2.05) is 46.0 Å². The molecule has 1 aromatic rings. The lowest BCUT2D eigenvalue weighted by Crippen LogP contribution is -2.33. The largest absolute Gasteiger partial charge is 0.456 e. The summed E-state index contributed by atoms with van der Waals surface area (Å²) >= 11 is 0. The average Bonchev–Trinajstić information content (AvgIpc) is 2.59. The third-order valence-corrected chi connectivity index (χ3v) is 4.86. The topological polar surface area (TPSA) is 50.4 Å². The predicted octanol–water partition coefficient (Wildman–Crippen LogP) is 4.16. The standard InChI is InChI=1S/C22H34N2O2/c1-6-13-24-19-10-7-16(8-11-19)20-12-9-17(14-18(20)15-23-5)21(25)26-22(2,3)4/h6,9,12,14,16,19,23-24H,1,7-8,10-11,13,15H2,2-5H3. The molecule has 2 rings (SSSR count). The van der Waals surface area contributed by atoms with Crippen molar-refractivity contribution in [2.24, 2.45) is 0 Å². The highest BCUT2D eigenvalue weighted by Gasteiger charge is 2.25. The fourth-order valence-electron chi connectivity index (χ4n) is 3.67. The molecule has 1 aliphatic rings. The number of nitrogens with one attached hydrogen (secondary N) is 2. The predicted molar refractivity (Wildman–Crippen MR) is 108 cm³/mol. The molecule has 0 bridgehead atoms. The molecular formula is C22H34N2O2. The van der Waals surface area contributed by atoms with Gasteiger partial charge in [-0.15, -0.1) is 6.58 Å². The van der Waals surface area contributed by atoms with E-state index in [1.165, 1.54) is 36.8 Å². The molecule has 0 atom stereocenters. The summed E-state index contributed by atoms with van der Waals surface area (Å²) in [5, 5.41) is 6.78. The number of benzene rings is 1. The summed E-state index contributed by atoms with van der Waals surface area (Å²) in [5.41, 5.74) is 2.73. The average molecular weight is 359 g/mol. The van der Waals surface area contributed by atoms with Crippen LogP contribution in [0, 0.1) is 0 Å². The lowest BCUT2D eigenvalue weighted by molar-refractivity contribution is 0.00693. The molecule has 1 aliphatic carbocycles. The van der Waals surface area contributed by atoms with Crippen molar-refractivity contribution in [3.8, 4) is 0 Å². The van der Waals surface area contributed by atoms with Crippen molar-refractivity contribution in [1.29, 1.82) is 0 Å². The second-order valence-corrected chi connectivity index (χ2v) is 8.19. The van der Waals surface area contributed by atoms with Gasteiger partial charge in [-0.2, -0.15) is 0 Å². The molecule has 0 aliphatic heterocycles. The molecule has 0 saturated heterocycles. The van der Waals surface area contributed by atoms with Gasteiger partial charge in [0.2, 0.25) is 0 Å². The SMILES string of the molecule is C=CCNC1CCC(c2ccc(C(=O)OC(C)(C)C)cc2CNC)CC1. The van der Waals surface area contributed by atoms with E-state index in [0.717, 1.165) is 13.1 Å². The van der Waals surface area contributed by atoms with Crippen LogP contribution in [-0.4, -0.2) is 31.2 Å². The Hall–Kier alpha value is -1.65. The Balaban J connectivity index is 2.11. The van der Waals surface area contributed by atoms with Crippen LogP contribution in [0.15, 0.2) is 30.9 Å². The Labute approximate surface area is 158 Å². The molecule has 0 spiro atoms. The number of hydrogen-bond acceptors (Lipinski definition) is 4. The fourth-order valence-corrected chi connectivity index (χ4v) is 3.67. The van der Waals surface area contributed by atoms with E-state index in [9.17, 15) is 4.79 Å². The molecule has 0 unspecified atom stereocenters. The van der Waals surface area contributed by atoms with Crippen LogP contribution in [-0.2, 0) is 11.3 Å². The number of ether oxygens (including phenoxy) is 1. The van der Waals surface area contributed by atoms with Crippen LogP contribution in [0.4, 0.5) is 0 Å². The maximum Gasteiger partial charge on any atom is 0.338 e. The molecule has 0 heterocycles. The zero-order chi connectivity index (χ0) is 19.2. The monoisotopic (exact) mass is 358 g/mol. The Morgan fingerprint density at radius 2 is 1.96 bits per heavy atom. The number of hydrogen-bond donors (Lipinski definition) is 2. The van der Waals surface area contributed by atoms with E-state index in [1.54, 1.807) is 0 Å². The van der Waals surface area contributed by atoms with Crippen LogP contribution in [0.5, 0.6) is 0 Å². The van der Waals surface area contributed by atoms with E-state index in [0.29, 0.717) is 17.5 Å². The Bertz CT molecular complexity index is 611. The van der Waals surface area contributed by atoms with Gasteiger partial charge in [-0.1, -0.05) is 12.1 Å². The molecule has 1 fully saturated rings. The Morgan fingerprint density at radius 1 is 1.27 bits per heavy atom. The Morgan fingerprint density at radius 3 is 2.54 bits per heavy atom. The molecule has 4 nitrogen and oxygen atoms in total. The summed E-state index contributed by atoms with van der Waals surface area (Å²) in [6.45, 7) is 11.1. The van der Waals surface area contributed by atoms with E-state index < -0.39 is 5.60 Å². The van der Waals surface area contributed by atoms with Crippen LogP contribution in [0.25, 0.3) is 0 Å². The van der Waals surface area contributed by atoms with Gasteiger partial charge in [0.1, 0.15) is 5.60 Å². The first-order chi connectivity index (χ1) is 12.3. The van der Waals surface area contributed by atoms with E-state index in [4.69, 9.17) is 4.74 Å². The normalized spacial score (nSPS) is 20.6. The van der Waals surface area contributed by atoms with Crippen molar-refractivity contribution in [2.75, 3.05) is 13.6 Å². The van der Waals surface area contributed by atoms with Gasteiger partial charge in [0.25, 0.3) is 0 Å². The van der Waals surface area contributed by atoms with Gasteiger partial charge in [-0.3, -0.25) is 0 Å². The maximum atomic E-state index is 12.4. The molecule has 1 saturated carbocycles. The molecule has 1 aromatic carbocycles. The van der Waals surface area contributed by atoms with E-state index >= 15 is 0 Å². The molecule has 0 amide bonds. The third kappa shape index (κ3) is 5.96. The third-order valence-electron chi connectivity index (χ3n) is 4.86. The molecule has 4 heteroatoms. The van der Waals surface area contributed by atoms with Crippen molar-refractivity contribution < 1.29 is 9.53 Å². The zero-order valence-electron chi connectivity index (χ0n) is 16.7. The zero-order valence-corrected chi connectivity index (χ0v) is 16.7. The number of esters is 1. The van der Waals surface area contributed by atoms with Crippen molar-refractivity contribution in [3.05, 3.63) is 47.5 Å². The van der Waals surface area contributed by atoms with Crippen LogP contribution in [0.2, 0.25) is 0 Å². The number of rotatable bonds is 7. The summed E-state index contributed by atoms with van der Waals surface area (Å²) in [7, 11) is 1.94. The number of carbonyl (C=O) groups excluding carboxylic acids is 1. The lowest BCUT2D eigenvalue weighted by atomic mass is 9.79. The fraction of sp³-hybridized carbons (Fsp3) is 0.591. The minimum absolute atomic E-state index is 0.251. The lowest BCUT2D eigenvalue weighted by Gasteiger charge is -2.30. The molecule has 0 aromatic heterocycles. The first-order valence-corrected chi connectivity index (χ1v) is 9.69. The summed E-state index contributed by atoms with van der Waals surface area (Å²) in [4.78, 5) is 12.4. The highest BCUT2D eigenvalue weighted by atomic mass is 16.6. The second kappa shape index (κ2) is 9.33. The highest BCUT2D eigenvalue weighted by molar-refractivity contribution is 5.90. The smallest absolute Gasteiger partial charge is 0.338 e. The minimum Gasteiger partial charge on any atom is -0.456 e. The first-order valence-electron chi connectivity index (χ1n) is 9.69. The van der Waals surface area contributed by atoms with Gasteiger partial charge in [0, 0.05) is 19.1 Å². The highest BCUT2D eigenvalue weighted by Crippen LogP contribution is 2.35. The first kappa shape index (κ1) is 20.7. The van der Waals surface area contributed by atoms with Crippen molar-refractivity contribution in [2.45, 2.75) is 70.6 Å². The summed E-state index contributed by atoms with van der Waals surface area (Å²) in [6, 6.07) is 6.65. The van der Waals surface area contributed by atoms with Crippen molar-refractivity contribution in [1.82, 2.24) is 10.6 Å². The summed E-state index contributed by atoms with van der Waals surface area (Å²) in [6.07, 6.45) is 6.65. The number of carbonyl (C=O) groups is 1. The molecular weight excluding hydrogens is 324 g/mol.